The molecule has 0 saturated carbocycles. The van der Waals surface area contributed by atoms with Crippen molar-refractivity contribution in [3.05, 3.63) is 121 Å². The smallest absolute Gasteiger partial charge is 0.146 e. The summed E-state index contributed by atoms with van der Waals surface area (Å²) in [6.07, 6.45) is 0. The van der Waals surface area contributed by atoms with Crippen LogP contribution in [0.25, 0.3) is 71.0 Å². The molecule has 8 rings (SSSR count). The fourth-order valence-electron chi connectivity index (χ4n) is 5.79. The van der Waals surface area contributed by atoms with Gasteiger partial charge in [0.05, 0.1) is 16.6 Å². The first-order chi connectivity index (χ1) is 17.4. The predicted octanol–water partition coefficient (Wildman–Crippen LogP) is 8.77. The third-order valence-electron chi connectivity index (χ3n) is 7.33. The van der Waals surface area contributed by atoms with Crippen molar-refractivity contribution in [2.24, 2.45) is 0 Å². The number of hydrogen-bond acceptors (Lipinski definition) is 1. The molecule has 2 nitrogen and oxygen atoms in total. The number of nitrogens with zero attached hydrogens (tertiary/aromatic N) is 2. The van der Waals surface area contributed by atoms with Gasteiger partial charge in [-0.2, -0.15) is 0 Å². The average Bonchev–Trinajstić information content (AvgIpc) is 3.35. The molecule has 0 spiro atoms. The molecule has 0 N–H and O–H groups in total. The van der Waals surface area contributed by atoms with Crippen LogP contribution >= 0.6 is 0 Å². The van der Waals surface area contributed by atoms with Crippen LogP contribution in [0.2, 0.25) is 0 Å². The maximum atomic E-state index is 5.32. The molecule has 0 amide bonds. The largest absolute Gasteiger partial charge is 0.291 e. The Balaban J connectivity index is 1.66. The summed E-state index contributed by atoms with van der Waals surface area (Å²) >= 11 is 0. The number of aromatic nitrogens is 2. The minimum absolute atomic E-state index is 1.01. The Morgan fingerprint density at radius 1 is 0.429 bits per heavy atom. The molecule has 2 heterocycles. The van der Waals surface area contributed by atoms with Gasteiger partial charge in [-0.15, -0.1) is 0 Å². The van der Waals surface area contributed by atoms with Crippen LogP contribution in [-0.4, -0.2) is 9.38 Å². The van der Waals surface area contributed by atoms with Crippen molar-refractivity contribution in [1.29, 1.82) is 0 Å². The lowest BCUT2D eigenvalue weighted by molar-refractivity contribution is 1.32. The van der Waals surface area contributed by atoms with Gasteiger partial charge in [0.25, 0.3) is 0 Å². The van der Waals surface area contributed by atoms with Crippen molar-refractivity contribution in [3.8, 4) is 11.1 Å². The molecule has 0 atom stereocenters. The minimum atomic E-state index is 1.01. The van der Waals surface area contributed by atoms with Gasteiger partial charge >= 0.3 is 0 Å². The Kier molecular flexibility index (Phi) is 3.69. The third-order valence-corrected chi connectivity index (χ3v) is 7.33. The molecule has 2 aromatic heterocycles. The summed E-state index contributed by atoms with van der Waals surface area (Å²) in [5, 5.41) is 8.59. The highest BCUT2D eigenvalue weighted by Crippen LogP contribution is 2.40. The summed E-state index contributed by atoms with van der Waals surface area (Å²) < 4.78 is 2.39. The van der Waals surface area contributed by atoms with E-state index in [1.54, 1.807) is 0 Å². The molecular formula is C33H20N2. The van der Waals surface area contributed by atoms with E-state index in [1.807, 2.05) is 0 Å². The van der Waals surface area contributed by atoms with Gasteiger partial charge in [-0.25, -0.2) is 4.98 Å². The highest BCUT2D eigenvalue weighted by atomic mass is 15.0. The van der Waals surface area contributed by atoms with Gasteiger partial charge in [-0.05, 0) is 39.4 Å². The number of pyridine rings is 1. The number of hydrogen-bond donors (Lipinski definition) is 0. The summed E-state index contributed by atoms with van der Waals surface area (Å²) in [4.78, 5) is 5.32. The lowest BCUT2D eigenvalue weighted by Gasteiger charge is -2.12. The Labute approximate surface area is 201 Å². The Morgan fingerprint density at radius 3 is 1.74 bits per heavy atom. The van der Waals surface area contributed by atoms with Crippen molar-refractivity contribution < 1.29 is 0 Å². The highest BCUT2D eigenvalue weighted by molar-refractivity contribution is 6.26. The molecule has 0 bridgehead atoms. The maximum Gasteiger partial charge on any atom is 0.146 e. The van der Waals surface area contributed by atoms with Gasteiger partial charge in [0.1, 0.15) is 5.65 Å². The van der Waals surface area contributed by atoms with Crippen molar-refractivity contribution in [2.45, 2.75) is 0 Å². The van der Waals surface area contributed by atoms with Gasteiger partial charge in [0.15, 0.2) is 0 Å². The predicted molar refractivity (Wildman–Crippen MR) is 148 cm³/mol. The van der Waals surface area contributed by atoms with E-state index < -0.39 is 0 Å². The van der Waals surface area contributed by atoms with E-state index in [0.717, 1.165) is 11.2 Å². The zero-order valence-electron chi connectivity index (χ0n) is 18.9. The number of rotatable bonds is 1. The summed E-state index contributed by atoms with van der Waals surface area (Å²) in [5.74, 6) is 0. The van der Waals surface area contributed by atoms with E-state index in [0.29, 0.717) is 0 Å². The second-order valence-corrected chi connectivity index (χ2v) is 9.20. The molecule has 0 aliphatic rings. The second kappa shape index (κ2) is 6.91. The Morgan fingerprint density at radius 2 is 1.00 bits per heavy atom. The van der Waals surface area contributed by atoms with Crippen LogP contribution in [0, 0.1) is 0 Å². The van der Waals surface area contributed by atoms with E-state index in [-0.39, 0.29) is 0 Å². The highest BCUT2D eigenvalue weighted by Gasteiger charge is 2.18. The van der Waals surface area contributed by atoms with Crippen LogP contribution in [0.3, 0.4) is 0 Å². The molecule has 35 heavy (non-hydrogen) atoms. The maximum absolute atomic E-state index is 5.32. The van der Waals surface area contributed by atoms with Gasteiger partial charge < -0.3 is 0 Å². The van der Waals surface area contributed by atoms with Crippen molar-refractivity contribution in [1.82, 2.24) is 9.38 Å². The van der Waals surface area contributed by atoms with Gasteiger partial charge in [0, 0.05) is 21.5 Å². The molecule has 0 radical (unpaired) electrons. The normalized spacial score (nSPS) is 12.0. The second-order valence-electron chi connectivity index (χ2n) is 9.20. The monoisotopic (exact) mass is 444 g/mol. The van der Waals surface area contributed by atoms with Crippen molar-refractivity contribution in [2.75, 3.05) is 0 Å². The first kappa shape index (κ1) is 18.7. The quantitative estimate of drug-likeness (QED) is 0.231. The molecule has 0 aliphatic heterocycles. The fraction of sp³-hybridized carbons (Fsp3) is 0. The zero-order chi connectivity index (χ0) is 22.9. The summed E-state index contributed by atoms with van der Waals surface area (Å²) in [6, 6.07) is 43.5. The van der Waals surface area contributed by atoms with Crippen LogP contribution in [0.1, 0.15) is 0 Å². The van der Waals surface area contributed by atoms with Crippen LogP contribution in [0.15, 0.2) is 121 Å². The van der Waals surface area contributed by atoms with E-state index >= 15 is 0 Å². The number of benzene rings is 6. The van der Waals surface area contributed by atoms with E-state index in [9.17, 15) is 0 Å². The summed E-state index contributed by atoms with van der Waals surface area (Å²) in [6.45, 7) is 0. The molecule has 162 valence electrons. The minimum Gasteiger partial charge on any atom is -0.291 e. The summed E-state index contributed by atoms with van der Waals surface area (Å²) in [7, 11) is 0. The van der Waals surface area contributed by atoms with Gasteiger partial charge in [0.2, 0.25) is 0 Å². The topological polar surface area (TPSA) is 17.3 Å². The van der Waals surface area contributed by atoms with E-state index in [1.165, 1.54) is 59.9 Å². The lowest BCUT2D eigenvalue weighted by Crippen LogP contribution is -1.93. The van der Waals surface area contributed by atoms with Crippen LogP contribution in [0.4, 0.5) is 0 Å². The van der Waals surface area contributed by atoms with E-state index in [4.69, 9.17) is 4.98 Å². The number of fused-ring (bicyclic) bond motifs is 13. The summed E-state index contributed by atoms with van der Waals surface area (Å²) in [5.41, 5.74) is 6.88. The SMILES string of the molecule is c1ccc(-c2ccc3c(c2)c2ccccc2c2nc4c5ccccc5c5ccccc5c4n32)cc1. The van der Waals surface area contributed by atoms with Crippen molar-refractivity contribution in [3.63, 3.8) is 0 Å². The third kappa shape index (κ3) is 2.51. The molecule has 6 aromatic carbocycles. The fourth-order valence-corrected chi connectivity index (χ4v) is 5.79. The van der Waals surface area contributed by atoms with Crippen LogP contribution in [-0.2, 0) is 0 Å². The molecular weight excluding hydrogens is 424 g/mol. The molecule has 0 fully saturated rings. The van der Waals surface area contributed by atoms with Crippen molar-refractivity contribution >= 4 is 59.9 Å². The molecule has 0 saturated heterocycles. The Hall–Kier alpha value is -4.69. The first-order valence-corrected chi connectivity index (χ1v) is 12.0. The zero-order valence-corrected chi connectivity index (χ0v) is 18.9. The molecule has 2 heteroatoms. The van der Waals surface area contributed by atoms with Crippen LogP contribution in [0.5, 0.6) is 0 Å². The van der Waals surface area contributed by atoms with Gasteiger partial charge in [-0.3, -0.25) is 4.40 Å². The van der Waals surface area contributed by atoms with Gasteiger partial charge in [-0.1, -0.05) is 109 Å². The standard InChI is InChI=1S/C33H20N2/c1-2-10-21(11-3-1)22-18-19-30-29(20-22)25-14-6-9-17-28(25)33-34-31-26-15-7-4-12-23(26)24-13-5-8-16-27(24)32(31)35(30)33/h1-20H. The van der Waals surface area contributed by atoms with E-state index in [2.05, 4.69) is 126 Å². The molecule has 0 aliphatic carbocycles. The van der Waals surface area contributed by atoms with Crippen LogP contribution < -0.4 is 0 Å². The molecule has 8 aromatic rings. The molecule has 0 unspecified atom stereocenters. The lowest BCUT2D eigenvalue weighted by atomic mass is 9.99. The average molecular weight is 445 g/mol. The number of imidazole rings is 1. The first-order valence-electron chi connectivity index (χ1n) is 12.0. The Bertz CT molecular complexity index is 2100.